The summed E-state index contributed by atoms with van der Waals surface area (Å²) >= 11 is 1.79. The zero-order valence-corrected chi connectivity index (χ0v) is 13.1. The molecule has 0 saturated carbocycles. The summed E-state index contributed by atoms with van der Waals surface area (Å²) in [5, 5.41) is 0. The lowest BCUT2D eigenvalue weighted by Gasteiger charge is -2.30. The molecular weight excluding hydrogens is 262 g/mol. The molecule has 0 unspecified atom stereocenters. The lowest BCUT2D eigenvalue weighted by molar-refractivity contribution is -0.139. The van der Waals surface area contributed by atoms with Crippen LogP contribution in [0, 0.1) is 5.92 Å². The minimum absolute atomic E-state index is 0.0611. The van der Waals surface area contributed by atoms with Crippen LogP contribution in [-0.2, 0) is 14.3 Å². The van der Waals surface area contributed by atoms with Crippen molar-refractivity contribution in [1.29, 1.82) is 0 Å². The summed E-state index contributed by atoms with van der Waals surface area (Å²) < 4.78 is 11.3. The molecule has 2 fully saturated rings. The molecule has 2 saturated heterocycles. The number of hydrogen-bond donors (Lipinski definition) is 0. The fraction of sp³-hybridized carbons (Fsp3) is 0.929. The molecule has 0 aromatic carbocycles. The van der Waals surface area contributed by atoms with Crippen LogP contribution in [0.5, 0.6) is 0 Å². The maximum Gasteiger partial charge on any atom is 0.256 e. The SMILES string of the molecule is CC[C@H]1O[C@@H]1C(=O)N1[C@@H](C(C)C)CO[C@@H]1CCSC. The zero-order chi connectivity index (χ0) is 14.0. The van der Waals surface area contributed by atoms with Crippen molar-refractivity contribution in [3.63, 3.8) is 0 Å². The molecule has 19 heavy (non-hydrogen) atoms. The molecule has 2 aliphatic heterocycles. The van der Waals surface area contributed by atoms with E-state index in [1.807, 2.05) is 4.90 Å². The van der Waals surface area contributed by atoms with E-state index >= 15 is 0 Å². The molecule has 2 heterocycles. The Bertz CT molecular complexity index is 324. The Morgan fingerprint density at radius 1 is 1.47 bits per heavy atom. The second-order valence-electron chi connectivity index (χ2n) is 5.63. The molecule has 0 spiro atoms. The minimum Gasteiger partial charge on any atom is -0.359 e. The Morgan fingerprint density at radius 2 is 2.21 bits per heavy atom. The molecule has 0 N–H and O–H groups in total. The number of amides is 1. The average Bonchev–Trinajstić information content (AvgIpc) is 3.06. The summed E-state index contributed by atoms with van der Waals surface area (Å²) in [5.41, 5.74) is 0. The fourth-order valence-electron chi connectivity index (χ4n) is 2.66. The maximum atomic E-state index is 12.6. The Labute approximate surface area is 120 Å². The Balaban J connectivity index is 2.03. The van der Waals surface area contributed by atoms with Crippen LogP contribution in [-0.4, -0.2) is 53.9 Å². The number of rotatable bonds is 6. The molecule has 0 bridgehead atoms. The number of carbonyl (C=O) groups excluding carboxylic acids is 1. The van der Waals surface area contributed by atoms with E-state index in [4.69, 9.17) is 9.47 Å². The van der Waals surface area contributed by atoms with Gasteiger partial charge in [0.2, 0.25) is 0 Å². The highest BCUT2D eigenvalue weighted by molar-refractivity contribution is 7.98. The number of nitrogens with zero attached hydrogens (tertiary/aromatic N) is 1. The summed E-state index contributed by atoms with van der Waals surface area (Å²) in [7, 11) is 0. The molecule has 2 rings (SSSR count). The topological polar surface area (TPSA) is 42.1 Å². The van der Waals surface area contributed by atoms with Crippen LogP contribution < -0.4 is 0 Å². The lowest BCUT2D eigenvalue weighted by Crippen LogP contribution is -2.47. The van der Waals surface area contributed by atoms with Gasteiger partial charge in [0.1, 0.15) is 6.23 Å². The van der Waals surface area contributed by atoms with E-state index in [1.54, 1.807) is 11.8 Å². The van der Waals surface area contributed by atoms with E-state index in [0.717, 1.165) is 18.6 Å². The monoisotopic (exact) mass is 287 g/mol. The third kappa shape index (κ3) is 3.26. The van der Waals surface area contributed by atoms with Gasteiger partial charge in [-0.25, -0.2) is 0 Å². The van der Waals surface area contributed by atoms with Crippen LogP contribution in [0.4, 0.5) is 0 Å². The van der Waals surface area contributed by atoms with Gasteiger partial charge >= 0.3 is 0 Å². The molecule has 1 amide bonds. The third-order valence-corrected chi connectivity index (χ3v) is 4.59. The van der Waals surface area contributed by atoms with Gasteiger partial charge in [-0.1, -0.05) is 20.8 Å². The molecular formula is C14H25NO3S. The summed E-state index contributed by atoms with van der Waals surface area (Å²) in [5.74, 6) is 1.57. The van der Waals surface area contributed by atoms with Crippen LogP contribution >= 0.6 is 11.8 Å². The van der Waals surface area contributed by atoms with Crippen molar-refractivity contribution in [2.75, 3.05) is 18.6 Å². The first-order valence-corrected chi connectivity index (χ1v) is 8.57. The average molecular weight is 287 g/mol. The van der Waals surface area contributed by atoms with Gasteiger partial charge in [-0.3, -0.25) is 4.79 Å². The van der Waals surface area contributed by atoms with E-state index in [2.05, 4.69) is 27.0 Å². The zero-order valence-electron chi connectivity index (χ0n) is 12.3. The predicted octanol–water partition coefficient (Wildman–Crippen LogP) is 2.13. The van der Waals surface area contributed by atoms with Gasteiger partial charge in [0, 0.05) is 6.42 Å². The van der Waals surface area contributed by atoms with Crippen molar-refractivity contribution in [3.8, 4) is 0 Å². The molecule has 0 aromatic rings. The number of epoxide rings is 1. The minimum atomic E-state index is -0.218. The van der Waals surface area contributed by atoms with Gasteiger partial charge in [-0.05, 0) is 24.3 Å². The Hall–Kier alpha value is -0.260. The quantitative estimate of drug-likeness (QED) is 0.702. The summed E-state index contributed by atoms with van der Waals surface area (Å²) in [6, 6.07) is 0.195. The second-order valence-corrected chi connectivity index (χ2v) is 6.62. The predicted molar refractivity (Wildman–Crippen MR) is 77.2 cm³/mol. The van der Waals surface area contributed by atoms with Crippen LogP contribution in [0.1, 0.15) is 33.6 Å². The highest BCUT2D eigenvalue weighted by atomic mass is 32.2. The van der Waals surface area contributed by atoms with Gasteiger partial charge in [0.25, 0.3) is 5.91 Å². The van der Waals surface area contributed by atoms with Gasteiger partial charge < -0.3 is 14.4 Å². The van der Waals surface area contributed by atoms with E-state index in [1.165, 1.54) is 0 Å². The molecule has 0 aliphatic carbocycles. The molecule has 4 nitrogen and oxygen atoms in total. The Morgan fingerprint density at radius 3 is 2.74 bits per heavy atom. The number of carbonyl (C=O) groups is 1. The van der Waals surface area contributed by atoms with Gasteiger partial charge in [0.05, 0.1) is 18.8 Å². The van der Waals surface area contributed by atoms with Crippen molar-refractivity contribution in [2.24, 2.45) is 5.92 Å². The lowest BCUT2D eigenvalue weighted by atomic mass is 10.0. The summed E-state index contributed by atoms with van der Waals surface area (Å²) in [6.45, 7) is 7.02. The van der Waals surface area contributed by atoms with Gasteiger partial charge in [-0.15, -0.1) is 0 Å². The van der Waals surface area contributed by atoms with Gasteiger partial charge in [0.15, 0.2) is 6.10 Å². The largest absolute Gasteiger partial charge is 0.359 e. The van der Waals surface area contributed by atoms with E-state index in [9.17, 15) is 4.79 Å². The summed E-state index contributed by atoms with van der Waals surface area (Å²) in [4.78, 5) is 14.5. The van der Waals surface area contributed by atoms with Crippen molar-refractivity contribution in [1.82, 2.24) is 4.90 Å². The molecule has 4 atom stereocenters. The van der Waals surface area contributed by atoms with E-state index in [-0.39, 0.29) is 30.4 Å². The maximum absolute atomic E-state index is 12.6. The first kappa shape index (κ1) is 15.1. The summed E-state index contributed by atoms with van der Waals surface area (Å²) in [6.07, 6.45) is 3.74. The standard InChI is InChI=1S/C14H25NO3S/c1-5-11-13(18-11)14(16)15-10(9(2)3)8-17-12(15)6-7-19-4/h9-13H,5-8H2,1-4H3/t10-,11-,12-,13+/m1/s1. The van der Waals surface area contributed by atoms with Crippen molar-refractivity contribution < 1.29 is 14.3 Å². The normalized spacial score (nSPS) is 34.1. The first-order valence-electron chi connectivity index (χ1n) is 7.18. The van der Waals surface area contributed by atoms with E-state index in [0.29, 0.717) is 12.5 Å². The molecule has 110 valence electrons. The number of ether oxygens (including phenoxy) is 2. The number of hydrogen-bond acceptors (Lipinski definition) is 4. The first-order chi connectivity index (χ1) is 9.10. The van der Waals surface area contributed by atoms with Crippen molar-refractivity contribution in [2.45, 2.75) is 58.1 Å². The molecule has 0 aromatic heterocycles. The van der Waals surface area contributed by atoms with Crippen LogP contribution in [0.25, 0.3) is 0 Å². The molecule has 0 radical (unpaired) electrons. The van der Waals surface area contributed by atoms with Crippen LogP contribution in [0.2, 0.25) is 0 Å². The van der Waals surface area contributed by atoms with Gasteiger partial charge in [-0.2, -0.15) is 11.8 Å². The molecule has 5 heteroatoms. The highest BCUT2D eigenvalue weighted by Crippen LogP contribution is 2.33. The Kier molecular flexibility index (Phi) is 5.15. The smallest absolute Gasteiger partial charge is 0.256 e. The van der Waals surface area contributed by atoms with Crippen molar-refractivity contribution in [3.05, 3.63) is 0 Å². The number of thioether (sulfide) groups is 1. The van der Waals surface area contributed by atoms with Crippen molar-refractivity contribution >= 4 is 17.7 Å². The third-order valence-electron chi connectivity index (χ3n) is 3.95. The highest BCUT2D eigenvalue weighted by Gasteiger charge is 2.50. The van der Waals surface area contributed by atoms with Crippen LogP contribution in [0.15, 0.2) is 0 Å². The van der Waals surface area contributed by atoms with E-state index < -0.39 is 0 Å². The second kappa shape index (κ2) is 6.46. The van der Waals surface area contributed by atoms with Crippen LogP contribution in [0.3, 0.4) is 0 Å². The fourth-order valence-corrected chi connectivity index (χ4v) is 3.10. The molecule has 2 aliphatic rings.